The molecule has 0 fully saturated rings. The molecule has 3 nitrogen and oxygen atoms in total. The smallest absolute Gasteiger partial charge is 0.305 e. The van der Waals surface area contributed by atoms with E-state index in [1.807, 2.05) is 0 Å². The van der Waals surface area contributed by atoms with Crippen LogP contribution < -0.4 is 5.32 Å². The van der Waals surface area contributed by atoms with Crippen LogP contribution in [0.5, 0.6) is 0 Å². The number of carboxylic acid groups (broad SMARTS) is 1. The van der Waals surface area contributed by atoms with E-state index in [0.717, 1.165) is 17.8 Å². The fraction of sp³-hybridized carbons (Fsp3) is 0.939. The van der Waals surface area contributed by atoms with E-state index >= 15 is 0 Å². The number of rotatable bonds is 30. The fourth-order valence-electron chi connectivity index (χ4n) is 5.31. The zero-order valence-electron chi connectivity index (χ0n) is 25.1. The summed E-state index contributed by atoms with van der Waals surface area (Å²) in [6.07, 6.45) is 35.5. The first-order valence-electron chi connectivity index (χ1n) is 16.6. The third-order valence-corrected chi connectivity index (χ3v) is 8.30. The summed E-state index contributed by atoms with van der Waals surface area (Å²) in [6.45, 7) is 5.03. The summed E-state index contributed by atoms with van der Waals surface area (Å²) in [6, 6.07) is 0. The lowest BCUT2D eigenvalue weighted by Gasteiger charge is -2.19. The first kappa shape index (κ1) is 36.4. The van der Waals surface area contributed by atoms with Crippen molar-refractivity contribution in [3.63, 3.8) is 0 Å². The van der Waals surface area contributed by atoms with Gasteiger partial charge in [0.1, 0.15) is 0 Å². The number of unbranched alkanes of at least 4 members (excludes halogenated alkanes) is 22. The van der Waals surface area contributed by atoms with E-state index in [2.05, 4.69) is 19.2 Å². The number of hydrogen-bond donors (Lipinski definition) is 2. The zero-order valence-corrected chi connectivity index (χ0v) is 26.0. The number of aliphatic carboxylic acids is 1. The molecule has 0 aliphatic carbocycles. The van der Waals surface area contributed by atoms with Crippen LogP contribution in [-0.2, 0) is 4.79 Å². The van der Waals surface area contributed by atoms with Crippen LogP contribution in [0, 0.1) is 5.92 Å². The molecule has 0 bridgehead atoms. The summed E-state index contributed by atoms with van der Waals surface area (Å²) >= 11 is 5.70. The molecule has 220 valence electrons. The van der Waals surface area contributed by atoms with Crippen LogP contribution in [-0.4, -0.2) is 22.6 Å². The first-order chi connectivity index (χ1) is 18.1. The molecule has 0 aromatic rings. The van der Waals surface area contributed by atoms with Crippen molar-refractivity contribution in [1.82, 2.24) is 5.32 Å². The SMILES string of the molecule is CCCCCCCCCCCCCCC(CCCCCCCCCCCCCC)C(=S)NCCC(=O)O. The summed E-state index contributed by atoms with van der Waals surface area (Å²) in [7, 11) is 0. The minimum Gasteiger partial charge on any atom is -0.481 e. The number of nitrogens with one attached hydrogen (secondary N) is 1. The van der Waals surface area contributed by atoms with Gasteiger partial charge in [0.2, 0.25) is 0 Å². The maximum Gasteiger partial charge on any atom is 0.305 e. The molecular formula is C33H65NO2S. The van der Waals surface area contributed by atoms with Crippen LogP contribution in [0.4, 0.5) is 0 Å². The van der Waals surface area contributed by atoms with Gasteiger partial charge in [0, 0.05) is 12.5 Å². The quantitative estimate of drug-likeness (QED) is 0.0704. The lowest BCUT2D eigenvalue weighted by Crippen LogP contribution is -2.30. The highest BCUT2D eigenvalue weighted by atomic mass is 32.1. The molecule has 0 aliphatic heterocycles. The molecule has 0 spiro atoms. The number of hydrogen-bond acceptors (Lipinski definition) is 2. The van der Waals surface area contributed by atoms with Crippen molar-refractivity contribution in [3.8, 4) is 0 Å². The molecule has 0 saturated carbocycles. The minimum atomic E-state index is -0.756. The summed E-state index contributed by atoms with van der Waals surface area (Å²) in [4.78, 5) is 11.8. The zero-order chi connectivity index (χ0) is 27.2. The molecule has 0 aliphatic rings. The van der Waals surface area contributed by atoms with Gasteiger partial charge in [-0.05, 0) is 12.8 Å². The number of carboxylic acids is 1. The van der Waals surface area contributed by atoms with Crippen molar-refractivity contribution in [1.29, 1.82) is 0 Å². The van der Waals surface area contributed by atoms with Gasteiger partial charge < -0.3 is 10.4 Å². The van der Waals surface area contributed by atoms with Crippen molar-refractivity contribution in [2.75, 3.05) is 6.54 Å². The van der Waals surface area contributed by atoms with Gasteiger partial charge in [-0.1, -0.05) is 180 Å². The second kappa shape index (κ2) is 29.9. The van der Waals surface area contributed by atoms with E-state index in [0.29, 0.717) is 12.5 Å². The van der Waals surface area contributed by atoms with Crippen LogP contribution >= 0.6 is 12.2 Å². The van der Waals surface area contributed by atoms with Crippen molar-refractivity contribution >= 4 is 23.2 Å². The lowest BCUT2D eigenvalue weighted by molar-refractivity contribution is -0.136. The van der Waals surface area contributed by atoms with Crippen LogP contribution in [0.1, 0.15) is 187 Å². The average molecular weight is 540 g/mol. The lowest BCUT2D eigenvalue weighted by atomic mass is 9.93. The molecule has 2 N–H and O–H groups in total. The Morgan fingerprint density at radius 2 is 0.865 bits per heavy atom. The van der Waals surface area contributed by atoms with Gasteiger partial charge in [0.15, 0.2) is 0 Å². The Morgan fingerprint density at radius 1 is 0.568 bits per heavy atom. The van der Waals surface area contributed by atoms with Crippen molar-refractivity contribution < 1.29 is 9.90 Å². The Kier molecular flexibility index (Phi) is 29.4. The van der Waals surface area contributed by atoms with E-state index in [-0.39, 0.29) is 6.42 Å². The molecule has 0 unspecified atom stereocenters. The van der Waals surface area contributed by atoms with Crippen LogP contribution in [0.15, 0.2) is 0 Å². The molecule has 0 amide bonds. The molecule has 0 saturated heterocycles. The monoisotopic (exact) mass is 539 g/mol. The maximum atomic E-state index is 10.9. The van der Waals surface area contributed by atoms with Gasteiger partial charge in [-0.15, -0.1) is 0 Å². The van der Waals surface area contributed by atoms with Crippen molar-refractivity contribution in [2.45, 2.75) is 187 Å². The summed E-state index contributed by atoms with van der Waals surface area (Å²) in [5.41, 5.74) is 0. The topological polar surface area (TPSA) is 49.3 Å². The Morgan fingerprint density at radius 3 is 1.16 bits per heavy atom. The van der Waals surface area contributed by atoms with E-state index < -0.39 is 5.97 Å². The molecule has 4 heteroatoms. The number of thiocarbonyl (C=S) groups is 1. The highest BCUT2D eigenvalue weighted by Gasteiger charge is 2.14. The standard InChI is InChI=1S/C33H65NO2S/c1-3-5-7-9-11-13-15-17-19-21-23-25-27-31(33(37)34-30-29-32(35)36)28-26-24-22-20-18-16-14-12-10-8-6-4-2/h31H,3-30H2,1-2H3,(H,34,37)(H,35,36). The maximum absolute atomic E-state index is 10.9. The summed E-state index contributed by atoms with van der Waals surface area (Å²) < 4.78 is 0. The van der Waals surface area contributed by atoms with Crippen LogP contribution in [0.3, 0.4) is 0 Å². The molecule has 0 heterocycles. The Hall–Kier alpha value is -0.640. The van der Waals surface area contributed by atoms with Gasteiger partial charge in [-0.2, -0.15) is 0 Å². The fourth-order valence-corrected chi connectivity index (χ4v) is 5.64. The highest BCUT2D eigenvalue weighted by molar-refractivity contribution is 7.80. The van der Waals surface area contributed by atoms with Crippen LogP contribution in [0.25, 0.3) is 0 Å². The predicted molar refractivity (Wildman–Crippen MR) is 168 cm³/mol. The molecule has 0 radical (unpaired) electrons. The van der Waals surface area contributed by atoms with E-state index in [1.165, 1.54) is 154 Å². The number of carbonyl (C=O) groups is 1. The average Bonchev–Trinajstić information content (AvgIpc) is 2.88. The van der Waals surface area contributed by atoms with E-state index in [9.17, 15) is 4.79 Å². The summed E-state index contributed by atoms with van der Waals surface area (Å²) in [5, 5.41) is 12.2. The van der Waals surface area contributed by atoms with Gasteiger partial charge >= 0.3 is 5.97 Å². The molecule has 37 heavy (non-hydrogen) atoms. The second-order valence-electron chi connectivity index (χ2n) is 11.5. The molecule has 0 aromatic carbocycles. The summed E-state index contributed by atoms with van der Waals surface area (Å²) in [5.74, 6) is -0.330. The Bertz CT molecular complexity index is 469. The Labute approximate surface area is 237 Å². The van der Waals surface area contributed by atoms with E-state index in [1.54, 1.807) is 0 Å². The van der Waals surface area contributed by atoms with Gasteiger partial charge in [0.25, 0.3) is 0 Å². The van der Waals surface area contributed by atoms with Crippen LogP contribution in [0.2, 0.25) is 0 Å². The Balaban J connectivity index is 3.91. The highest BCUT2D eigenvalue weighted by Crippen LogP contribution is 2.21. The van der Waals surface area contributed by atoms with Crippen molar-refractivity contribution in [2.24, 2.45) is 5.92 Å². The second-order valence-corrected chi connectivity index (χ2v) is 11.9. The molecule has 0 aromatic heterocycles. The predicted octanol–water partition coefficient (Wildman–Crippen LogP) is 11.2. The molecular weight excluding hydrogens is 474 g/mol. The largest absolute Gasteiger partial charge is 0.481 e. The third kappa shape index (κ3) is 28.2. The first-order valence-corrected chi connectivity index (χ1v) is 17.0. The van der Waals surface area contributed by atoms with E-state index in [4.69, 9.17) is 17.3 Å². The third-order valence-electron chi connectivity index (χ3n) is 7.82. The van der Waals surface area contributed by atoms with Gasteiger partial charge in [0.05, 0.1) is 11.4 Å². The molecule has 0 rings (SSSR count). The normalized spacial score (nSPS) is 11.3. The van der Waals surface area contributed by atoms with Gasteiger partial charge in [-0.3, -0.25) is 4.79 Å². The van der Waals surface area contributed by atoms with Gasteiger partial charge in [-0.25, -0.2) is 0 Å². The van der Waals surface area contributed by atoms with Crippen molar-refractivity contribution in [3.05, 3.63) is 0 Å². The minimum absolute atomic E-state index is 0.143. The molecule has 0 atom stereocenters.